The van der Waals surface area contributed by atoms with Crippen molar-refractivity contribution in [2.75, 3.05) is 19.8 Å². The van der Waals surface area contributed by atoms with Crippen LogP contribution in [0.25, 0.3) is 0 Å². The molecule has 0 aromatic heterocycles. The summed E-state index contributed by atoms with van der Waals surface area (Å²) < 4.78 is 10.1. The van der Waals surface area contributed by atoms with Crippen LogP contribution in [0.15, 0.2) is 0 Å². The van der Waals surface area contributed by atoms with E-state index in [0.717, 1.165) is 19.8 Å². The molecule has 15 heavy (non-hydrogen) atoms. The summed E-state index contributed by atoms with van der Waals surface area (Å²) in [7, 11) is 0. The first-order valence-electron chi connectivity index (χ1n) is 6.50. The lowest BCUT2D eigenvalue weighted by Gasteiger charge is -2.01. The third kappa shape index (κ3) is 16.6. The normalized spacial score (nSPS) is 18.2. The van der Waals surface area contributed by atoms with Gasteiger partial charge >= 0.3 is 0 Å². The summed E-state index contributed by atoms with van der Waals surface area (Å²) in [5, 5.41) is 0. The van der Waals surface area contributed by atoms with Gasteiger partial charge in [-0.05, 0) is 19.8 Å². The molecule has 0 aromatic rings. The third-order valence-corrected chi connectivity index (χ3v) is 2.28. The monoisotopic (exact) mass is 216 g/mol. The van der Waals surface area contributed by atoms with Crippen LogP contribution in [-0.4, -0.2) is 25.9 Å². The lowest BCUT2D eigenvalue weighted by molar-refractivity contribution is 0.126. The van der Waals surface area contributed by atoms with E-state index in [1.54, 1.807) is 0 Å². The van der Waals surface area contributed by atoms with Crippen molar-refractivity contribution in [3.63, 3.8) is 0 Å². The van der Waals surface area contributed by atoms with Gasteiger partial charge in [0, 0.05) is 13.2 Å². The maximum Gasteiger partial charge on any atom is 0.0781 e. The second-order valence-electron chi connectivity index (χ2n) is 4.17. The maximum absolute atomic E-state index is 5.44. The second-order valence-corrected chi connectivity index (χ2v) is 4.17. The molecule has 0 aliphatic carbocycles. The summed E-state index contributed by atoms with van der Waals surface area (Å²) in [5.41, 5.74) is 0. The molecule has 0 aromatic carbocycles. The number of rotatable bonds is 8. The van der Waals surface area contributed by atoms with Crippen molar-refractivity contribution in [1.29, 1.82) is 0 Å². The number of hydrogen-bond donors (Lipinski definition) is 0. The first-order valence-corrected chi connectivity index (χ1v) is 6.50. The molecule has 0 N–H and O–H groups in total. The highest BCUT2D eigenvalue weighted by molar-refractivity contribution is 4.58. The minimum absolute atomic E-state index is 0.583. The van der Waals surface area contributed by atoms with Gasteiger partial charge in [-0.15, -0.1) is 0 Å². The van der Waals surface area contributed by atoms with Gasteiger partial charge < -0.3 is 9.47 Å². The van der Waals surface area contributed by atoms with Gasteiger partial charge in [-0.1, -0.05) is 39.5 Å². The molecule has 1 aliphatic heterocycles. The fourth-order valence-electron chi connectivity index (χ4n) is 1.11. The predicted molar refractivity (Wildman–Crippen MR) is 65.3 cm³/mol. The Morgan fingerprint density at radius 3 is 1.67 bits per heavy atom. The summed E-state index contributed by atoms with van der Waals surface area (Å²) in [6, 6.07) is 0. The summed E-state index contributed by atoms with van der Waals surface area (Å²) in [4.78, 5) is 0. The zero-order valence-electron chi connectivity index (χ0n) is 10.8. The van der Waals surface area contributed by atoms with Gasteiger partial charge in [-0.3, -0.25) is 0 Å². The van der Waals surface area contributed by atoms with Crippen molar-refractivity contribution in [1.82, 2.24) is 0 Å². The van der Waals surface area contributed by atoms with Gasteiger partial charge in [0.1, 0.15) is 0 Å². The lowest BCUT2D eigenvalue weighted by Crippen LogP contribution is -1.96. The van der Waals surface area contributed by atoms with Crippen LogP contribution in [0, 0.1) is 0 Å². The van der Waals surface area contributed by atoms with Crippen LogP contribution in [0.4, 0.5) is 0 Å². The van der Waals surface area contributed by atoms with Gasteiger partial charge in [0.05, 0.1) is 12.7 Å². The molecule has 1 saturated heterocycles. The Labute approximate surface area is 95.3 Å². The largest absolute Gasteiger partial charge is 0.381 e. The fraction of sp³-hybridized carbons (Fsp3) is 1.00. The summed E-state index contributed by atoms with van der Waals surface area (Å²) >= 11 is 0. The van der Waals surface area contributed by atoms with Crippen LogP contribution in [0.2, 0.25) is 0 Å². The fourth-order valence-corrected chi connectivity index (χ4v) is 1.11. The number of ether oxygens (including phenoxy) is 2. The van der Waals surface area contributed by atoms with E-state index in [1.807, 2.05) is 0 Å². The molecule has 2 heteroatoms. The zero-order chi connectivity index (χ0) is 11.4. The lowest BCUT2D eigenvalue weighted by atomic mass is 10.2. The summed E-state index contributed by atoms with van der Waals surface area (Å²) in [6.45, 7) is 9.42. The van der Waals surface area contributed by atoms with Crippen LogP contribution >= 0.6 is 0 Å². The molecule has 1 aliphatic rings. The predicted octanol–water partition coefficient (Wildman–Crippen LogP) is 3.79. The first-order chi connectivity index (χ1) is 7.31. The van der Waals surface area contributed by atoms with Gasteiger partial charge in [-0.25, -0.2) is 0 Å². The van der Waals surface area contributed by atoms with Crippen LogP contribution < -0.4 is 0 Å². The Morgan fingerprint density at radius 2 is 1.40 bits per heavy atom. The second kappa shape index (κ2) is 12.0. The molecule has 0 radical (unpaired) electrons. The topological polar surface area (TPSA) is 21.8 Å². The molecule has 0 saturated carbocycles. The first kappa shape index (κ1) is 14.9. The SMILES string of the molecule is CC1CO1.CCCCCOCCCCC. The van der Waals surface area contributed by atoms with E-state index in [9.17, 15) is 0 Å². The molecule has 0 spiro atoms. The van der Waals surface area contributed by atoms with Crippen molar-refractivity contribution in [2.45, 2.75) is 65.4 Å². The number of epoxide rings is 1. The van der Waals surface area contributed by atoms with Crippen molar-refractivity contribution in [3.8, 4) is 0 Å². The van der Waals surface area contributed by atoms with Crippen molar-refractivity contribution < 1.29 is 9.47 Å². The van der Waals surface area contributed by atoms with Crippen molar-refractivity contribution in [3.05, 3.63) is 0 Å². The van der Waals surface area contributed by atoms with E-state index in [2.05, 4.69) is 20.8 Å². The van der Waals surface area contributed by atoms with Crippen LogP contribution in [0.5, 0.6) is 0 Å². The zero-order valence-corrected chi connectivity index (χ0v) is 10.8. The summed E-state index contributed by atoms with van der Waals surface area (Å²) in [5.74, 6) is 0. The molecule has 92 valence electrons. The van der Waals surface area contributed by atoms with Crippen LogP contribution in [0.1, 0.15) is 59.3 Å². The smallest absolute Gasteiger partial charge is 0.0781 e. The van der Waals surface area contributed by atoms with E-state index in [4.69, 9.17) is 9.47 Å². The van der Waals surface area contributed by atoms with E-state index >= 15 is 0 Å². The maximum atomic E-state index is 5.44. The Morgan fingerprint density at radius 1 is 1.00 bits per heavy atom. The quantitative estimate of drug-likeness (QED) is 0.455. The van der Waals surface area contributed by atoms with E-state index in [0.29, 0.717) is 6.10 Å². The average molecular weight is 216 g/mol. The third-order valence-electron chi connectivity index (χ3n) is 2.28. The molecule has 1 fully saturated rings. The Kier molecular flexibility index (Phi) is 11.9. The summed E-state index contributed by atoms with van der Waals surface area (Å²) in [6.07, 6.45) is 8.27. The van der Waals surface area contributed by atoms with Gasteiger partial charge in [0.25, 0.3) is 0 Å². The standard InChI is InChI=1S/C10H22O.C3H6O/c1-3-5-7-9-11-10-8-6-4-2;1-3-2-4-3/h3-10H2,1-2H3;3H,2H2,1H3. The minimum atomic E-state index is 0.583. The van der Waals surface area contributed by atoms with E-state index < -0.39 is 0 Å². The molecule has 0 amide bonds. The van der Waals surface area contributed by atoms with E-state index in [1.165, 1.54) is 38.5 Å². The van der Waals surface area contributed by atoms with Gasteiger partial charge in [-0.2, -0.15) is 0 Å². The molecule has 1 rings (SSSR count). The van der Waals surface area contributed by atoms with Crippen molar-refractivity contribution in [2.24, 2.45) is 0 Å². The van der Waals surface area contributed by atoms with Crippen molar-refractivity contribution >= 4 is 0 Å². The Bertz CT molecular complexity index is 103. The molecule has 2 nitrogen and oxygen atoms in total. The molecule has 1 heterocycles. The van der Waals surface area contributed by atoms with Gasteiger partial charge in [0.2, 0.25) is 0 Å². The van der Waals surface area contributed by atoms with E-state index in [-0.39, 0.29) is 0 Å². The molecule has 1 unspecified atom stereocenters. The van der Waals surface area contributed by atoms with Gasteiger partial charge in [0.15, 0.2) is 0 Å². The van der Waals surface area contributed by atoms with Crippen LogP contribution in [0.3, 0.4) is 0 Å². The minimum Gasteiger partial charge on any atom is -0.381 e. The highest BCUT2D eigenvalue weighted by Crippen LogP contribution is 2.04. The Balaban J connectivity index is 0.000000401. The molecule has 1 atom stereocenters. The average Bonchev–Trinajstić information content (AvgIpc) is 3.01. The number of unbranched alkanes of at least 4 members (excludes halogenated alkanes) is 4. The highest BCUT2D eigenvalue weighted by atomic mass is 16.6. The molecular weight excluding hydrogens is 188 g/mol. The Hall–Kier alpha value is -0.0800. The molecular formula is C13H28O2. The number of hydrogen-bond acceptors (Lipinski definition) is 2. The molecule has 0 bridgehead atoms. The highest BCUT2D eigenvalue weighted by Gasteiger charge is 2.13. The van der Waals surface area contributed by atoms with Crippen LogP contribution in [-0.2, 0) is 9.47 Å².